The minimum atomic E-state index is -0.610. The number of aryl methyl sites for hydroxylation is 1. The summed E-state index contributed by atoms with van der Waals surface area (Å²) in [5.41, 5.74) is 2.53. The highest BCUT2D eigenvalue weighted by molar-refractivity contribution is 7.16. The van der Waals surface area contributed by atoms with Crippen molar-refractivity contribution in [2.75, 3.05) is 13.7 Å². The van der Waals surface area contributed by atoms with Gasteiger partial charge in [-0.1, -0.05) is 6.58 Å². The van der Waals surface area contributed by atoms with Gasteiger partial charge in [0.15, 0.2) is 11.5 Å². The van der Waals surface area contributed by atoms with E-state index in [0.717, 1.165) is 34.6 Å². The first-order valence-corrected chi connectivity index (χ1v) is 11.5. The highest BCUT2D eigenvalue weighted by atomic mass is 32.1. The number of allylic oxidation sites excluding steroid dienone is 1. The molecule has 1 fully saturated rings. The van der Waals surface area contributed by atoms with Crippen molar-refractivity contribution in [3.63, 3.8) is 0 Å². The number of benzene rings is 1. The highest BCUT2D eigenvalue weighted by Gasteiger charge is 2.30. The number of esters is 1. The van der Waals surface area contributed by atoms with Gasteiger partial charge < -0.3 is 14.0 Å². The second kappa shape index (κ2) is 7.74. The van der Waals surface area contributed by atoms with Crippen molar-refractivity contribution in [2.24, 2.45) is 0 Å². The SMILES string of the molecule is C=C1CCc2sc(-c3ccc4c(=O)c(C(=O)OCC)cn(C5CC5)c4c3OC)cc2C1=O. The molecular weight excluding hydrogens is 426 g/mol. The number of pyridine rings is 1. The number of rotatable bonds is 5. The molecule has 0 radical (unpaired) electrons. The molecule has 2 aliphatic carbocycles. The van der Waals surface area contributed by atoms with Crippen LogP contribution in [0.3, 0.4) is 0 Å². The van der Waals surface area contributed by atoms with Crippen LogP contribution in [-0.4, -0.2) is 30.0 Å². The summed E-state index contributed by atoms with van der Waals surface area (Å²) >= 11 is 1.58. The van der Waals surface area contributed by atoms with Gasteiger partial charge in [-0.25, -0.2) is 4.79 Å². The van der Waals surface area contributed by atoms with Gasteiger partial charge in [-0.15, -0.1) is 11.3 Å². The molecule has 6 nitrogen and oxygen atoms in total. The molecule has 32 heavy (non-hydrogen) atoms. The van der Waals surface area contributed by atoms with Crippen LogP contribution in [0.1, 0.15) is 57.8 Å². The number of aromatic nitrogens is 1. The van der Waals surface area contributed by atoms with Crippen molar-refractivity contribution in [1.82, 2.24) is 4.57 Å². The molecular formula is C25H23NO5S. The van der Waals surface area contributed by atoms with Crippen molar-refractivity contribution in [3.05, 3.63) is 62.8 Å². The van der Waals surface area contributed by atoms with Gasteiger partial charge in [0.1, 0.15) is 5.56 Å². The smallest absolute Gasteiger partial charge is 0.343 e. The monoisotopic (exact) mass is 449 g/mol. The molecule has 2 aromatic heterocycles. The van der Waals surface area contributed by atoms with E-state index in [2.05, 4.69) is 6.58 Å². The lowest BCUT2D eigenvalue weighted by atomic mass is 9.93. The van der Waals surface area contributed by atoms with E-state index in [1.54, 1.807) is 37.6 Å². The number of methoxy groups -OCH3 is 1. The fourth-order valence-electron chi connectivity index (χ4n) is 4.32. The Labute approximate surface area is 189 Å². The Hall–Kier alpha value is -3.19. The lowest BCUT2D eigenvalue weighted by Gasteiger charge is -2.17. The lowest BCUT2D eigenvalue weighted by Crippen LogP contribution is -2.21. The molecule has 5 rings (SSSR count). The molecule has 164 valence electrons. The Kier molecular flexibility index (Phi) is 5.01. The third-order valence-electron chi connectivity index (χ3n) is 6.08. The van der Waals surface area contributed by atoms with E-state index >= 15 is 0 Å². The zero-order chi connectivity index (χ0) is 22.6. The molecule has 1 aromatic carbocycles. The lowest BCUT2D eigenvalue weighted by molar-refractivity contribution is 0.0524. The van der Waals surface area contributed by atoms with Gasteiger partial charge in [0.05, 0.1) is 24.6 Å². The van der Waals surface area contributed by atoms with Crippen LogP contribution in [-0.2, 0) is 11.2 Å². The van der Waals surface area contributed by atoms with Gasteiger partial charge in [-0.05, 0) is 56.4 Å². The van der Waals surface area contributed by atoms with Crippen LogP contribution < -0.4 is 10.2 Å². The van der Waals surface area contributed by atoms with E-state index in [9.17, 15) is 14.4 Å². The topological polar surface area (TPSA) is 74.6 Å². The van der Waals surface area contributed by atoms with Gasteiger partial charge in [0, 0.05) is 33.1 Å². The molecule has 0 atom stereocenters. The normalized spacial score (nSPS) is 15.7. The standard InChI is InChI=1S/C25H23NO5S/c1-4-31-25(29)18-12-26(14-6-7-14)21-16(23(18)28)9-8-15(24(21)30-3)20-11-17-19(32-20)10-5-13(2)22(17)27/h8-9,11-12,14H,2,4-7,10H2,1,3H3. The molecule has 0 saturated heterocycles. The number of hydrogen-bond donors (Lipinski definition) is 0. The third-order valence-corrected chi connectivity index (χ3v) is 7.31. The van der Waals surface area contributed by atoms with Crippen molar-refractivity contribution < 1.29 is 19.1 Å². The first-order valence-electron chi connectivity index (χ1n) is 10.7. The Morgan fingerprint density at radius 3 is 2.69 bits per heavy atom. The molecule has 0 N–H and O–H groups in total. The predicted octanol–water partition coefficient (Wildman–Crippen LogP) is 4.94. The second-order valence-electron chi connectivity index (χ2n) is 8.15. The maximum atomic E-state index is 13.2. The maximum Gasteiger partial charge on any atom is 0.343 e. The molecule has 1 saturated carbocycles. The van der Waals surface area contributed by atoms with Crippen molar-refractivity contribution in [1.29, 1.82) is 0 Å². The summed E-state index contributed by atoms with van der Waals surface area (Å²) in [6, 6.07) is 5.70. The highest BCUT2D eigenvalue weighted by Crippen LogP contribution is 2.45. The van der Waals surface area contributed by atoms with E-state index in [-0.39, 0.29) is 29.4 Å². The number of carbonyl (C=O) groups is 2. The largest absolute Gasteiger partial charge is 0.494 e. The molecule has 0 spiro atoms. The van der Waals surface area contributed by atoms with Gasteiger partial charge in [-0.2, -0.15) is 0 Å². The number of carbonyl (C=O) groups excluding carboxylic acids is 2. The minimum Gasteiger partial charge on any atom is -0.494 e. The number of thiophene rings is 1. The number of hydrogen-bond acceptors (Lipinski definition) is 6. The summed E-state index contributed by atoms with van der Waals surface area (Å²) in [5.74, 6) is -0.0317. The van der Waals surface area contributed by atoms with Crippen LogP contribution in [0.25, 0.3) is 21.3 Å². The molecule has 2 aliphatic rings. The second-order valence-corrected chi connectivity index (χ2v) is 9.29. The average Bonchev–Trinajstić information content (AvgIpc) is 3.54. The van der Waals surface area contributed by atoms with Crippen LogP contribution in [0.15, 0.2) is 41.3 Å². The summed E-state index contributed by atoms with van der Waals surface area (Å²) in [4.78, 5) is 40.1. The number of fused-ring (bicyclic) bond motifs is 2. The quantitative estimate of drug-likeness (QED) is 0.408. The van der Waals surface area contributed by atoms with Gasteiger partial charge in [-0.3, -0.25) is 9.59 Å². The first kappa shape index (κ1) is 20.7. The Bertz CT molecular complexity index is 1360. The van der Waals surface area contributed by atoms with Gasteiger partial charge >= 0.3 is 5.97 Å². The first-order chi connectivity index (χ1) is 15.4. The predicted molar refractivity (Wildman–Crippen MR) is 124 cm³/mol. The van der Waals surface area contributed by atoms with Crippen molar-refractivity contribution in [2.45, 2.75) is 38.6 Å². The van der Waals surface area contributed by atoms with Crippen LogP contribution in [0, 0.1) is 0 Å². The summed E-state index contributed by atoms with van der Waals surface area (Å²) in [5, 5.41) is 0.425. The Morgan fingerprint density at radius 1 is 1.22 bits per heavy atom. The summed E-state index contributed by atoms with van der Waals surface area (Å²) < 4.78 is 12.9. The zero-order valence-electron chi connectivity index (χ0n) is 18.0. The van der Waals surface area contributed by atoms with Gasteiger partial charge in [0.25, 0.3) is 0 Å². The van der Waals surface area contributed by atoms with Crippen LogP contribution in [0.5, 0.6) is 5.75 Å². The molecule has 0 amide bonds. The van der Waals surface area contributed by atoms with Crippen molar-refractivity contribution in [3.8, 4) is 16.2 Å². The maximum absolute atomic E-state index is 13.2. The molecule has 3 aromatic rings. The van der Waals surface area contributed by atoms with Crippen LogP contribution in [0.4, 0.5) is 0 Å². The average molecular weight is 450 g/mol. The Morgan fingerprint density at radius 2 is 2.00 bits per heavy atom. The summed E-state index contributed by atoms with van der Waals surface area (Å²) in [6.45, 7) is 5.81. The third kappa shape index (κ3) is 3.19. The summed E-state index contributed by atoms with van der Waals surface area (Å²) in [7, 11) is 1.58. The number of nitrogens with zero attached hydrogens (tertiary/aromatic N) is 1. The summed E-state index contributed by atoms with van der Waals surface area (Å²) in [6.07, 6.45) is 5.03. The Balaban J connectivity index is 1.74. The molecule has 0 unspecified atom stereocenters. The number of Topliss-reactive ketones (excluding diaryl/α,β-unsaturated/α-hetero) is 1. The molecule has 7 heteroatoms. The molecule has 0 bridgehead atoms. The van der Waals surface area contributed by atoms with E-state index < -0.39 is 5.97 Å². The van der Waals surface area contributed by atoms with E-state index in [4.69, 9.17) is 9.47 Å². The van der Waals surface area contributed by atoms with Gasteiger partial charge in [0.2, 0.25) is 5.43 Å². The fourth-order valence-corrected chi connectivity index (χ4v) is 5.50. The van der Waals surface area contributed by atoms with E-state index in [0.29, 0.717) is 34.2 Å². The number of ether oxygens (including phenoxy) is 2. The zero-order valence-corrected chi connectivity index (χ0v) is 18.8. The van der Waals surface area contributed by atoms with Crippen molar-refractivity contribution >= 4 is 34.0 Å². The molecule has 0 aliphatic heterocycles. The minimum absolute atomic E-state index is 0.00229. The molecule has 2 heterocycles. The van der Waals surface area contributed by atoms with Crippen LogP contribution in [0.2, 0.25) is 0 Å². The van der Waals surface area contributed by atoms with E-state index in [1.165, 1.54) is 0 Å². The van der Waals surface area contributed by atoms with E-state index in [1.807, 2.05) is 16.7 Å². The fraction of sp³-hybridized carbons (Fsp3) is 0.320. The number of ketones is 1. The van der Waals surface area contributed by atoms with Crippen LogP contribution >= 0.6 is 11.3 Å².